The summed E-state index contributed by atoms with van der Waals surface area (Å²) in [5, 5.41) is 10.9. The number of aromatic amines is 1. The van der Waals surface area contributed by atoms with Gasteiger partial charge in [-0.05, 0) is 12.5 Å². The van der Waals surface area contributed by atoms with E-state index in [1.165, 1.54) is 0 Å². The topological polar surface area (TPSA) is 66.2 Å². The maximum absolute atomic E-state index is 9.88. The van der Waals surface area contributed by atoms with Gasteiger partial charge < -0.3 is 14.7 Å². The molecule has 0 saturated heterocycles. The third-order valence-corrected chi connectivity index (χ3v) is 3.21. The first-order valence-electron chi connectivity index (χ1n) is 6.60. The Bertz CT molecular complexity index is 713. The van der Waals surface area contributed by atoms with E-state index < -0.39 is 0 Å². The molecule has 0 saturated carbocycles. The molecule has 2 aromatic heterocycles. The van der Waals surface area contributed by atoms with E-state index in [1.54, 1.807) is 18.7 Å². The predicted octanol–water partition coefficient (Wildman–Crippen LogP) is 2.58. The smallest absolute Gasteiger partial charge is 0.198 e. The SMILES string of the molecule is Oc1[nH]c2ccccc2c1C=NCCCn1ccnc1. The molecule has 0 aliphatic carbocycles. The van der Waals surface area contributed by atoms with Crippen molar-refractivity contribution < 1.29 is 5.11 Å². The molecule has 0 atom stereocenters. The standard InChI is InChI=1S/C15H16N4O/c20-15-13(12-4-1-2-5-14(12)18-15)10-16-6-3-8-19-9-7-17-11-19/h1-2,4-5,7,9-11,18,20H,3,6,8H2. The quantitative estimate of drug-likeness (QED) is 0.551. The lowest BCUT2D eigenvalue weighted by atomic mass is 10.2. The van der Waals surface area contributed by atoms with Gasteiger partial charge >= 0.3 is 0 Å². The summed E-state index contributed by atoms with van der Waals surface area (Å²) in [4.78, 5) is 11.3. The molecule has 3 aromatic rings. The Morgan fingerprint density at radius 2 is 2.25 bits per heavy atom. The van der Waals surface area contributed by atoms with Crippen LogP contribution in [-0.4, -0.2) is 32.4 Å². The molecule has 0 aliphatic rings. The van der Waals surface area contributed by atoms with Crippen molar-refractivity contribution in [2.24, 2.45) is 4.99 Å². The Morgan fingerprint density at radius 1 is 1.35 bits per heavy atom. The van der Waals surface area contributed by atoms with Crippen LogP contribution in [0.25, 0.3) is 10.9 Å². The Labute approximate surface area is 116 Å². The Hall–Kier alpha value is -2.56. The number of nitrogens with zero attached hydrogens (tertiary/aromatic N) is 3. The van der Waals surface area contributed by atoms with Crippen LogP contribution in [0.5, 0.6) is 5.88 Å². The van der Waals surface area contributed by atoms with E-state index >= 15 is 0 Å². The summed E-state index contributed by atoms with van der Waals surface area (Å²) in [7, 11) is 0. The van der Waals surface area contributed by atoms with Crippen LogP contribution < -0.4 is 0 Å². The second-order valence-electron chi connectivity index (χ2n) is 4.62. The monoisotopic (exact) mass is 268 g/mol. The number of aliphatic imine (C=N–C) groups is 1. The van der Waals surface area contributed by atoms with E-state index in [1.807, 2.05) is 35.0 Å². The summed E-state index contributed by atoms with van der Waals surface area (Å²) < 4.78 is 2.03. The number of rotatable bonds is 5. The van der Waals surface area contributed by atoms with Gasteiger partial charge in [-0.25, -0.2) is 4.98 Å². The summed E-state index contributed by atoms with van der Waals surface area (Å²) in [6.07, 6.45) is 8.19. The fraction of sp³-hybridized carbons (Fsp3) is 0.200. The number of benzene rings is 1. The first kappa shape index (κ1) is 12.5. The molecule has 0 spiro atoms. The molecular weight excluding hydrogens is 252 g/mol. The Balaban J connectivity index is 1.64. The van der Waals surface area contributed by atoms with Crippen LogP contribution in [0.1, 0.15) is 12.0 Å². The zero-order chi connectivity index (χ0) is 13.8. The molecule has 0 unspecified atom stereocenters. The normalized spacial score (nSPS) is 11.6. The summed E-state index contributed by atoms with van der Waals surface area (Å²) in [5.74, 6) is 0.171. The van der Waals surface area contributed by atoms with E-state index in [9.17, 15) is 5.11 Å². The lowest BCUT2D eigenvalue weighted by Crippen LogP contribution is -1.96. The van der Waals surface area contributed by atoms with Crippen molar-refractivity contribution in [3.8, 4) is 5.88 Å². The molecule has 5 nitrogen and oxygen atoms in total. The summed E-state index contributed by atoms with van der Waals surface area (Å²) in [6.45, 7) is 1.62. The molecule has 0 amide bonds. The predicted molar refractivity (Wildman–Crippen MR) is 79.3 cm³/mol. The number of para-hydroxylation sites is 1. The minimum absolute atomic E-state index is 0.171. The molecule has 0 radical (unpaired) electrons. The van der Waals surface area contributed by atoms with Gasteiger partial charge in [0.25, 0.3) is 0 Å². The van der Waals surface area contributed by atoms with E-state index in [0.29, 0.717) is 0 Å². The van der Waals surface area contributed by atoms with Gasteiger partial charge in [-0.15, -0.1) is 0 Å². The molecule has 2 heterocycles. The molecule has 1 aromatic carbocycles. The first-order valence-corrected chi connectivity index (χ1v) is 6.60. The van der Waals surface area contributed by atoms with Crippen molar-refractivity contribution in [3.63, 3.8) is 0 Å². The number of hydrogen-bond donors (Lipinski definition) is 2. The third kappa shape index (κ3) is 2.56. The number of imidazole rings is 1. The maximum atomic E-state index is 9.88. The third-order valence-electron chi connectivity index (χ3n) is 3.21. The van der Waals surface area contributed by atoms with Crippen molar-refractivity contribution in [2.45, 2.75) is 13.0 Å². The van der Waals surface area contributed by atoms with Crippen LogP contribution in [0.15, 0.2) is 48.0 Å². The lowest BCUT2D eigenvalue weighted by molar-refractivity contribution is 0.457. The van der Waals surface area contributed by atoms with Crippen LogP contribution in [-0.2, 0) is 6.54 Å². The van der Waals surface area contributed by atoms with Gasteiger partial charge in [-0.1, -0.05) is 18.2 Å². The van der Waals surface area contributed by atoms with Crippen LogP contribution >= 0.6 is 0 Å². The average Bonchev–Trinajstić information content (AvgIpc) is 3.06. The molecule has 0 fully saturated rings. The zero-order valence-electron chi connectivity index (χ0n) is 11.0. The van der Waals surface area contributed by atoms with Crippen LogP contribution in [0.3, 0.4) is 0 Å². The highest BCUT2D eigenvalue weighted by molar-refractivity contribution is 6.01. The molecule has 20 heavy (non-hydrogen) atoms. The molecular formula is C15H16N4O. The van der Waals surface area contributed by atoms with Crippen LogP contribution in [0.2, 0.25) is 0 Å². The number of aromatic hydroxyl groups is 1. The number of fused-ring (bicyclic) bond motifs is 1. The molecule has 3 rings (SSSR count). The fourth-order valence-corrected chi connectivity index (χ4v) is 2.20. The highest BCUT2D eigenvalue weighted by Crippen LogP contribution is 2.24. The van der Waals surface area contributed by atoms with E-state index in [0.717, 1.165) is 36.0 Å². The van der Waals surface area contributed by atoms with Crippen molar-refractivity contribution in [2.75, 3.05) is 6.54 Å². The van der Waals surface area contributed by atoms with Crippen molar-refractivity contribution >= 4 is 17.1 Å². The largest absolute Gasteiger partial charge is 0.494 e. The maximum Gasteiger partial charge on any atom is 0.198 e. The average molecular weight is 268 g/mol. The summed E-state index contributed by atoms with van der Waals surface area (Å²) >= 11 is 0. The number of hydrogen-bond acceptors (Lipinski definition) is 3. The summed E-state index contributed by atoms with van der Waals surface area (Å²) in [6, 6.07) is 7.79. The van der Waals surface area contributed by atoms with Crippen molar-refractivity contribution in [1.29, 1.82) is 0 Å². The van der Waals surface area contributed by atoms with Gasteiger partial charge in [-0.2, -0.15) is 0 Å². The van der Waals surface area contributed by atoms with Crippen LogP contribution in [0, 0.1) is 0 Å². The van der Waals surface area contributed by atoms with E-state index in [-0.39, 0.29) is 5.88 Å². The minimum Gasteiger partial charge on any atom is -0.494 e. The van der Waals surface area contributed by atoms with E-state index in [4.69, 9.17) is 0 Å². The van der Waals surface area contributed by atoms with Gasteiger partial charge in [0.2, 0.25) is 0 Å². The zero-order valence-corrected chi connectivity index (χ0v) is 11.0. The Kier molecular flexibility index (Phi) is 3.50. The lowest BCUT2D eigenvalue weighted by Gasteiger charge is -1.98. The second kappa shape index (κ2) is 5.61. The summed E-state index contributed by atoms with van der Waals surface area (Å²) in [5.41, 5.74) is 1.67. The second-order valence-corrected chi connectivity index (χ2v) is 4.62. The highest BCUT2D eigenvalue weighted by atomic mass is 16.3. The molecule has 0 bridgehead atoms. The fourth-order valence-electron chi connectivity index (χ4n) is 2.20. The first-order chi connectivity index (χ1) is 9.84. The number of aryl methyl sites for hydroxylation is 1. The van der Waals surface area contributed by atoms with Gasteiger partial charge in [0.1, 0.15) is 0 Å². The van der Waals surface area contributed by atoms with Crippen molar-refractivity contribution in [3.05, 3.63) is 48.5 Å². The minimum atomic E-state index is 0.171. The highest BCUT2D eigenvalue weighted by Gasteiger charge is 2.07. The Morgan fingerprint density at radius 3 is 3.10 bits per heavy atom. The van der Waals surface area contributed by atoms with Gasteiger partial charge in [-0.3, -0.25) is 4.99 Å². The molecule has 5 heteroatoms. The molecule has 102 valence electrons. The number of aromatic nitrogens is 3. The van der Waals surface area contributed by atoms with Crippen LogP contribution in [0.4, 0.5) is 0 Å². The van der Waals surface area contributed by atoms with Gasteiger partial charge in [0.15, 0.2) is 5.88 Å². The molecule has 0 aliphatic heterocycles. The van der Waals surface area contributed by atoms with E-state index in [2.05, 4.69) is 15.0 Å². The van der Waals surface area contributed by atoms with Gasteiger partial charge in [0, 0.05) is 42.6 Å². The molecule has 2 N–H and O–H groups in total. The number of nitrogens with one attached hydrogen (secondary N) is 1. The number of H-pyrrole nitrogens is 1. The van der Waals surface area contributed by atoms with Gasteiger partial charge in [0.05, 0.1) is 11.9 Å². The van der Waals surface area contributed by atoms with Crippen molar-refractivity contribution in [1.82, 2.24) is 14.5 Å².